The van der Waals surface area contributed by atoms with Crippen molar-refractivity contribution in [1.82, 2.24) is 10.2 Å². The molecule has 0 saturated carbocycles. The lowest BCUT2D eigenvalue weighted by atomic mass is 10.0. The van der Waals surface area contributed by atoms with Gasteiger partial charge in [-0.1, -0.05) is 77.8 Å². The average molecular weight is 562 g/mol. The van der Waals surface area contributed by atoms with Gasteiger partial charge in [-0.2, -0.15) is 0 Å². The molecule has 4 nitrogen and oxygen atoms in total. The number of benzene rings is 3. The fraction of sp³-hybridized carbons (Fsp3) is 0.310. The summed E-state index contributed by atoms with van der Waals surface area (Å²) in [6, 6.07) is 20.5. The van der Waals surface area contributed by atoms with Crippen LogP contribution >= 0.6 is 35.0 Å². The highest BCUT2D eigenvalue weighted by molar-refractivity contribution is 7.99. The first-order valence-electron chi connectivity index (χ1n) is 11.9. The number of rotatable bonds is 10. The summed E-state index contributed by atoms with van der Waals surface area (Å²) < 4.78 is 14.1. The SMILES string of the molecule is CC(C)(C)NC(=O)[C@H](Cc1ccccc1)N(Cc1ccc(Cl)c(Cl)c1)C(=O)CSCc1ccccc1F. The van der Waals surface area contributed by atoms with Crippen LogP contribution in [0, 0.1) is 5.82 Å². The molecule has 0 aliphatic carbocycles. The Kier molecular flexibility index (Phi) is 10.4. The number of hydrogen-bond acceptors (Lipinski definition) is 3. The van der Waals surface area contributed by atoms with Crippen LogP contribution < -0.4 is 5.32 Å². The van der Waals surface area contributed by atoms with Gasteiger partial charge in [0.2, 0.25) is 11.8 Å². The Morgan fingerprint density at radius 2 is 1.62 bits per heavy atom. The maximum absolute atomic E-state index is 14.1. The molecule has 0 radical (unpaired) electrons. The van der Waals surface area contributed by atoms with E-state index in [-0.39, 0.29) is 29.9 Å². The molecule has 196 valence electrons. The van der Waals surface area contributed by atoms with Crippen molar-refractivity contribution >= 4 is 46.8 Å². The maximum Gasteiger partial charge on any atom is 0.243 e. The van der Waals surface area contributed by atoms with E-state index < -0.39 is 11.6 Å². The van der Waals surface area contributed by atoms with Gasteiger partial charge in [-0.15, -0.1) is 11.8 Å². The summed E-state index contributed by atoms with van der Waals surface area (Å²) in [5.41, 5.74) is 1.73. The normalized spacial score (nSPS) is 12.2. The lowest BCUT2D eigenvalue weighted by molar-refractivity contribution is -0.140. The summed E-state index contributed by atoms with van der Waals surface area (Å²) in [6.45, 7) is 5.88. The van der Waals surface area contributed by atoms with Crippen molar-refractivity contribution < 1.29 is 14.0 Å². The van der Waals surface area contributed by atoms with Crippen molar-refractivity contribution in [3.8, 4) is 0 Å². The highest BCUT2D eigenvalue weighted by Gasteiger charge is 2.32. The first-order chi connectivity index (χ1) is 17.5. The van der Waals surface area contributed by atoms with E-state index in [1.165, 1.54) is 17.8 Å². The van der Waals surface area contributed by atoms with Crippen LogP contribution in [0.5, 0.6) is 0 Å². The molecule has 37 heavy (non-hydrogen) atoms. The Morgan fingerprint density at radius 3 is 2.27 bits per heavy atom. The van der Waals surface area contributed by atoms with Crippen molar-refractivity contribution in [2.75, 3.05) is 5.75 Å². The Balaban J connectivity index is 1.90. The van der Waals surface area contributed by atoms with Gasteiger partial charge < -0.3 is 10.2 Å². The zero-order chi connectivity index (χ0) is 27.0. The van der Waals surface area contributed by atoms with Crippen LogP contribution in [-0.2, 0) is 28.3 Å². The van der Waals surface area contributed by atoms with E-state index in [2.05, 4.69) is 5.32 Å². The molecule has 0 unspecified atom stereocenters. The highest BCUT2D eigenvalue weighted by atomic mass is 35.5. The van der Waals surface area contributed by atoms with E-state index >= 15 is 0 Å². The quantitative estimate of drug-likeness (QED) is 0.292. The molecule has 0 aromatic heterocycles. The molecule has 3 rings (SSSR count). The molecule has 2 amide bonds. The molecule has 1 atom stereocenters. The molecular weight excluding hydrogens is 530 g/mol. The molecule has 0 spiro atoms. The van der Waals surface area contributed by atoms with Gasteiger partial charge in [0, 0.05) is 24.3 Å². The monoisotopic (exact) mass is 560 g/mol. The first kappa shape index (κ1) is 29.0. The second kappa shape index (κ2) is 13.3. The number of hydrogen-bond donors (Lipinski definition) is 1. The van der Waals surface area contributed by atoms with Crippen molar-refractivity contribution in [1.29, 1.82) is 0 Å². The van der Waals surface area contributed by atoms with Gasteiger partial charge in [0.15, 0.2) is 0 Å². The van der Waals surface area contributed by atoms with E-state index in [0.717, 1.165) is 11.1 Å². The summed E-state index contributed by atoms with van der Waals surface area (Å²) in [4.78, 5) is 28.8. The Hall–Kier alpha value is -2.54. The molecule has 0 aliphatic heterocycles. The minimum Gasteiger partial charge on any atom is -0.350 e. The molecule has 3 aromatic rings. The molecule has 0 heterocycles. The predicted molar refractivity (Wildman–Crippen MR) is 151 cm³/mol. The average Bonchev–Trinajstić information content (AvgIpc) is 2.84. The molecule has 0 fully saturated rings. The van der Waals surface area contributed by atoms with Crippen molar-refractivity contribution in [2.24, 2.45) is 0 Å². The Labute approximate surface area is 232 Å². The topological polar surface area (TPSA) is 49.4 Å². The van der Waals surface area contributed by atoms with E-state index in [1.54, 1.807) is 41.3 Å². The van der Waals surface area contributed by atoms with Gasteiger partial charge in [-0.3, -0.25) is 9.59 Å². The first-order valence-corrected chi connectivity index (χ1v) is 13.8. The number of nitrogens with one attached hydrogen (secondary N) is 1. The Bertz CT molecular complexity index is 1220. The number of halogens is 3. The van der Waals surface area contributed by atoms with Crippen LogP contribution in [-0.4, -0.2) is 34.0 Å². The van der Waals surface area contributed by atoms with Crippen LogP contribution in [0.2, 0.25) is 10.0 Å². The van der Waals surface area contributed by atoms with Gasteiger partial charge in [0.05, 0.1) is 15.8 Å². The number of carbonyl (C=O) groups excluding carboxylic acids is 2. The molecular formula is C29H31Cl2FN2O2S. The van der Waals surface area contributed by atoms with E-state index in [0.29, 0.717) is 27.8 Å². The predicted octanol–water partition coefficient (Wildman–Crippen LogP) is 6.92. The third-order valence-electron chi connectivity index (χ3n) is 5.55. The van der Waals surface area contributed by atoms with Crippen LogP contribution in [0.1, 0.15) is 37.5 Å². The zero-order valence-corrected chi connectivity index (χ0v) is 23.5. The standard InChI is InChI=1S/C29H31Cl2FN2O2S/c1-29(2,3)33-28(36)26(16-20-9-5-4-6-10-20)34(17-21-13-14-23(30)24(31)15-21)27(35)19-37-18-22-11-7-8-12-25(22)32/h4-15,26H,16-19H2,1-3H3,(H,33,36)/t26-/m0/s1. The molecule has 8 heteroatoms. The summed E-state index contributed by atoms with van der Waals surface area (Å²) in [5, 5.41) is 3.82. The van der Waals surface area contributed by atoms with Gasteiger partial charge >= 0.3 is 0 Å². The molecule has 1 N–H and O–H groups in total. The fourth-order valence-electron chi connectivity index (χ4n) is 3.79. The Morgan fingerprint density at radius 1 is 0.946 bits per heavy atom. The molecule has 0 aliphatic rings. The third-order valence-corrected chi connectivity index (χ3v) is 7.25. The van der Waals surface area contributed by atoms with Gasteiger partial charge in [-0.25, -0.2) is 4.39 Å². The number of thioether (sulfide) groups is 1. The summed E-state index contributed by atoms with van der Waals surface area (Å²) in [5.74, 6) is -0.344. The lowest BCUT2D eigenvalue weighted by Crippen LogP contribution is -2.54. The van der Waals surface area contributed by atoms with Crippen molar-refractivity contribution in [3.05, 3.63) is 105 Å². The largest absolute Gasteiger partial charge is 0.350 e. The van der Waals surface area contributed by atoms with Crippen LogP contribution in [0.25, 0.3) is 0 Å². The van der Waals surface area contributed by atoms with E-state index in [1.807, 2.05) is 51.1 Å². The maximum atomic E-state index is 14.1. The number of nitrogens with zero attached hydrogens (tertiary/aromatic N) is 1. The van der Waals surface area contributed by atoms with Crippen LogP contribution in [0.3, 0.4) is 0 Å². The van der Waals surface area contributed by atoms with Gasteiger partial charge in [0.1, 0.15) is 11.9 Å². The van der Waals surface area contributed by atoms with Gasteiger partial charge in [0.25, 0.3) is 0 Å². The molecule has 0 bridgehead atoms. The molecule has 0 saturated heterocycles. The van der Waals surface area contributed by atoms with E-state index in [9.17, 15) is 14.0 Å². The van der Waals surface area contributed by atoms with Crippen LogP contribution in [0.15, 0.2) is 72.8 Å². The summed E-state index contributed by atoms with van der Waals surface area (Å²) in [7, 11) is 0. The van der Waals surface area contributed by atoms with Gasteiger partial charge in [-0.05, 0) is 55.7 Å². The van der Waals surface area contributed by atoms with Crippen molar-refractivity contribution in [2.45, 2.75) is 51.1 Å². The second-order valence-electron chi connectivity index (χ2n) is 9.80. The minimum atomic E-state index is -0.766. The lowest BCUT2D eigenvalue weighted by Gasteiger charge is -2.34. The summed E-state index contributed by atoms with van der Waals surface area (Å²) >= 11 is 13.7. The minimum absolute atomic E-state index is 0.0870. The third kappa shape index (κ3) is 9.06. The van der Waals surface area contributed by atoms with E-state index in [4.69, 9.17) is 23.2 Å². The summed E-state index contributed by atoms with van der Waals surface area (Å²) in [6.07, 6.45) is 0.341. The number of amides is 2. The number of carbonyl (C=O) groups is 2. The van der Waals surface area contributed by atoms with Crippen molar-refractivity contribution in [3.63, 3.8) is 0 Å². The smallest absolute Gasteiger partial charge is 0.243 e. The zero-order valence-electron chi connectivity index (χ0n) is 21.1. The second-order valence-corrected chi connectivity index (χ2v) is 11.6. The van der Waals surface area contributed by atoms with Crippen LogP contribution in [0.4, 0.5) is 4.39 Å². The molecule has 3 aromatic carbocycles. The highest BCUT2D eigenvalue weighted by Crippen LogP contribution is 2.25. The fourth-order valence-corrected chi connectivity index (χ4v) is 5.01.